The number of amides is 1. The lowest BCUT2D eigenvalue weighted by Gasteiger charge is -2.21. The third-order valence-corrected chi connectivity index (χ3v) is 4.67. The van der Waals surface area contributed by atoms with E-state index >= 15 is 0 Å². The quantitative estimate of drug-likeness (QED) is 0.189. The number of hydrogen-bond donors (Lipinski definition) is 4. The summed E-state index contributed by atoms with van der Waals surface area (Å²) < 4.78 is 26.9. The zero-order chi connectivity index (χ0) is 19.8. The van der Waals surface area contributed by atoms with Gasteiger partial charge in [-0.25, -0.2) is 13.1 Å². The molecule has 0 unspecified atom stereocenters. The molecule has 0 saturated carbocycles. The smallest absolute Gasteiger partial charge is 0.240 e. The van der Waals surface area contributed by atoms with Crippen molar-refractivity contribution < 1.29 is 13.2 Å². The van der Waals surface area contributed by atoms with Gasteiger partial charge in [0.2, 0.25) is 15.9 Å². The maximum Gasteiger partial charge on any atom is 0.240 e. The number of nitrogens with zero attached hydrogens (tertiary/aromatic N) is 1. The van der Waals surface area contributed by atoms with Gasteiger partial charge in [0, 0.05) is 25.7 Å². The number of halogens is 1. The number of carbonyl (C=O) groups is 1. The van der Waals surface area contributed by atoms with E-state index in [0.717, 1.165) is 5.56 Å². The highest BCUT2D eigenvalue weighted by Gasteiger charge is 2.14. The summed E-state index contributed by atoms with van der Waals surface area (Å²) in [6, 6.07) is 6.64. The van der Waals surface area contributed by atoms with E-state index in [0.29, 0.717) is 12.5 Å². The number of guanidine groups is 1. The van der Waals surface area contributed by atoms with Gasteiger partial charge in [-0.15, -0.1) is 24.0 Å². The van der Waals surface area contributed by atoms with Crippen LogP contribution in [0.5, 0.6) is 0 Å². The highest BCUT2D eigenvalue weighted by atomic mass is 127. The molecule has 0 spiro atoms. The highest BCUT2D eigenvalue weighted by molar-refractivity contribution is 14.0. The first-order valence-corrected chi connectivity index (χ1v) is 9.84. The zero-order valence-electron chi connectivity index (χ0n) is 16.4. The minimum absolute atomic E-state index is 0. The molecule has 1 aromatic carbocycles. The van der Waals surface area contributed by atoms with E-state index in [9.17, 15) is 13.2 Å². The summed E-state index contributed by atoms with van der Waals surface area (Å²) in [4.78, 5) is 16.0. The summed E-state index contributed by atoms with van der Waals surface area (Å²) in [6.45, 7) is 8.19. The molecule has 0 heterocycles. The van der Waals surface area contributed by atoms with Crippen molar-refractivity contribution in [3.63, 3.8) is 0 Å². The molecule has 0 aliphatic carbocycles. The van der Waals surface area contributed by atoms with Crippen molar-refractivity contribution in [2.75, 3.05) is 26.7 Å². The van der Waals surface area contributed by atoms with E-state index in [4.69, 9.17) is 0 Å². The first-order chi connectivity index (χ1) is 12.0. The van der Waals surface area contributed by atoms with Crippen LogP contribution < -0.4 is 20.7 Å². The number of aliphatic imine (C=N–C) groups is 1. The van der Waals surface area contributed by atoms with Gasteiger partial charge in [-0.1, -0.05) is 17.7 Å². The Balaban J connectivity index is 0.00000676. The molecule has 1 rings (SSSR count). The lowest BCUT2D eigenvalue weighted by atomic mass is 10.1. The summed E-state index contributed by atoms with van der Waals surface area (Å²) in [7, 11) is -1.97. The average Bonchev–Trinajstić information content (AvgIpc) is 2.53. The molecule has 1 aromatic rings. The SMILES string of the molecule is CN=C(NCCNS(=O)(=O)c1ccc(C)cc1)NCC(=O)NC(C)(C)C.I. The predicted molar refractivity (Wildman–Crippen MR) is 119 cm³/mol. The van der Waals surface area contributed by atoms with E-state index in [1.807, 2.05) is 27.7 Å². The van der Waals surface area contributed by atoms with E-state index in [1.54, 1.807) is 31.3 Å². The molecule has 0 saturated heterocycles. The highest BCUT2D eigenvalue weighted by Crippen LogP contribution is 2.09. The van der Waals surface area contributed by atoms with Gasteiger partial charge in [0.15, 0.2) is 5.96 Å². The number of carbonyl (C=O) groups excluding carboxylic acids is 1. The molecule has 0 radical (unpaired) electrons. The van der Waals surface area contributed by atoms with Gasteiger partial charge in [0.05, 0.1) is 11.4 Å². The number of aryl methyl sites for hydroxylation is 1. The Morgan fingerprint density at radius 2 is 1.67 bits per heavy atom. The Labute approximate surface area is 179 Å². The molecule has 0 aromatic heterocycles. The van der Waals surface area contributed by atoms with Crippen LogP contribution in [-0.2, 0) is 14.8 Å². The van der Waals surface area contributed by atoms with Crippen molar-refractivity contribution >= 4 is 45.9 Å². The Kier molecular flexibility index (Phi) is 10.9. The number of nitrogens with one attached hydrogen (secondary N) is 4. The number of hydrogen-bond acceptors (Lipinski definition) is 4. The normalized spacial score (nSPS) is 12.1. The monoisotopic (exact) mass is 511 g/mol. The van der Waals surface area contributed by atoms with Gasteiger partial charge < -0.3 is 16.0 Å². The molecular formula is C17H30IN5O3S. The predicted octanol–water partition coefficient (Wildman–Crippen LogP) is 0.971. The third kappa shape index (κ3) is 10.5. The second-order valence-electron chi connectivity index (χ2n) is 6.86. The second-order valence-corrected chi connectivity index (χ2v) is 8.63. The first-order valence-electron chi connectivity index (χ1n) is 8.35. The standard InChI is InChI=1S/C17H29N5O3S.HI/c1-13-6-8-14(9-7-13)26(24,25)21-11-10-19-16(18-5)20-12-15(23)22-17(2,3)4;/h6-9,21H,10-12H2,1-5H3,(H,22,23)(H2,18,19,20);1H. The van der Waals surface area contributed by atoms with E-state index in [-0.39, 0.29) is 53.4 Å². The van der Waals surface area contributed by atoms with E-state index in [1.165, 1.54) is 0 Å². The van der Waals surface area contributed by atoms with Crippen molar-refractivity contribution in [2.45, 2.75) is 38.1 Å². The molecule has 0 aliphatic heterocycles. The molecule has 154 valence electrons. The Morgan fingerprint density at radius 1 is 1.07 bits per heavy atom. The fourth-order valence-corrected chi connectivity index (χ4v) is 3.05. The molecule has 0 aliphatic rings. The van der Waals surface area contributed by atoms with Gasteiger partial charge in [0.25, 0.3) is 0 Å². The molecule has 27 heavy (non-hydrogen) atoms. The van der Waals surface area contributed by atoms with Crippen LogP contribution in [0.2, 0.25) is 0 Å². The van der Waals surface area contributed by atoms with Crippen LogP contribution in [-0.4, -0.2) is 52.5 Å². The largest absolute Gasteiger partial charge is 0.355 e. The van der Waals surface area contributed by atoms with Crippen molar-refractivity contribution in [3.8, 4) is 0 Å². The second kappa shape index (κ2) is 11.4. The third-order valence-electron chi connectivity index (χ3n) is 3.20. The van der Waals surface area contributed by atoms with Crippen LogP contribution in [0.1, 0.15) is 26.3 Å². The van der Waals surface area contributed by atoms with Crippen LogP contribution in [0.25, 0.3) is 0 Å². The minimum atomic E-state index is -3.54. The van der Waals surface area contributed by atoms with Crippen LogP contribution in [0, 0.1) is 6.92 Å². The van der Waals surface area contributed by atoms with Gasteiger partial charge in [-0.3, -0.25) is 9.79 Å². The van der Waals surface area contributed by atoms with E-state index in [2.05, 4.69) is 25.7 Å². The van der Waals surface area contributed by atoms with Crippen LogP contribution in [0.4, 0.5) is 0 Å². The van der Waals surface area contributed by atoms with Gasteiger partial charge in [-0.2, -0.15) is 0 Å². The fourth-order valence-electron chi connectivity index (χ4n) is 2.01. The minimum Gasteiger partial charge on any atom is -0.355 e. The van der Waals surface area contributed by atoms with Crippen molar-refractivity contribution in [3.05, 3.63) is 29.8 Å². The summed E-state index contributed by atoms with van der Waals surface area (Å²) >= 11 is 0. The first kappa shape index (κ1) is 25.6. The van der Waals surface area contributed by atoms with Crippen molar-refractivity contribution in [1.82, 2.24) is 20.7 Å². The lowest BCUT2D eigenvalue weighted by Crippen LogP contribution is -2.48. The number of benzene rings is 1. The summed E-state index contributed by atoms with van der Waals surface area (Å²) in [6.07, 6.45) is 0. The van der Waals surface area contributed by atoms with E-state index < -0.39 is 10.0 Å². The van der Waals surface area contributed by atoms with Gasteiger partial charge in [-0.05, 0) is 39.8 Å². The Morgan fingerprint density at radius 3 is 2.19 bits per heavy atom. The molecule has 8 nitrogen and oxygen atoms in total. The molecular weight excluding hydrogens is 481 g/mol. The molecule has 1 amide bonds. The molecule has 0 atom stereocenters. The summed E-state index contributed by atoms with van der Waals surface area (Å²) in [5.41, 5.74) is 0.695. The summed E-state index contributed by atoms with van der Waals surface area (Å²) in [5.74, 6) is 0.268. The molecule has 10 heteroatoms. The van der Waals surface area contributed by atoms with Crippen molar-refractivity contribution in [1.29, 1.82) is 0 Å². The summed E-state index contributed by atoms with van der Waals surface area (Å²) in [5, 5.41) is 8.66. The van der Waals surface area contributed by atoms with Crippen LogP contribution in [0.3, 0.4) is 0 Å². The zero-order valence-corrected chi connectivity index (χ0v) is 19.6. The Hall–Kier alpha value is -1.40. The van der Waals surface area contributed by atoms with Crippen molar-refractivity contribution in [2.24, 2.45) is 4.99 Å². The van der Waals surface area contributed by atoms with Crippen LogP contribution >= 0.6 is 24.0 Å². The van der Waals surface area contributed by atoms with Gasteiger partial charge in [0.1, 0.15) is 0 Å². The number of rotatable bonds is 7. The molecule has 0 bridgehead atoms. The Bertz CT molecular complexity index is 728. The van der Waals surface area contributed by atoms with Gasteiger partial charge >= 0.3 is 0 Å². The maximum atomic E-state index is 12.2. The fraction of sp³-hybridized carbons (Fsp3) is 0.529. The lowest BCUT2D eigenvalue weighted by molar-refractivity contribution is -0.121. The molecule has 4 N–H and O–H groups in total. The molecule has 0 fully saturated rings. The average molecular weight is 511 g/mol. The number of sulfonamides is 1. The maximum absolute atomic E-state index is 12.2. The van der Waals surface area contributed by atoms with Crippen LogP contribution in [0.15, 0.2) is 34.2 Å². The topological polar surface area (TPSA) is 112 Å².